The minimum Gasteiger partial charge on any atom is -0.372 e. The summed E-state index contributed by atoms with van der Waals surface area (Å²) in [6.45, 7) is 6.80. The lowest BCUT2D eigenvalue weighted by atomic mass is 9.84. The van der Waals surface area contributed by atoms with Gasteiger partial charge >= 0.3 is 0 Å². The highest BCUT2D eigenvalue weighted by Gasteiger charge is 2.18. The van der Waals surface area contributed by atoms with E-state index < -0.39 is 0 Å². The van der Waals surface area contributed by atoms with Crippen molar-refractivity contribution in [1.82, 2.24) is 5.32 Å². The normalized spacial score (nSPS) is 24.1. The number of benzene rings is 1. The number of nitrogens with one attached hydrogen (secondary N) is 1. The average molecular weight is 372 g/mol. The number of anilines is 1. The van der Waals surface area contributed by atoms with Crippen LogP contribution in [-0.4, -0.2) is 32.2 Å². The van der Waals surface area contributed by atoms with E-state index in [9.17, 15) is 0 Å². The van der Waals surface area contributed by atoms with Crippen LogP contribution in [0, 0.1) is 5.92 Å². The fourth-order valence-electron chi connectivity index (χ4n) is 4.96. The summed E-state index contributed by atoms with van der Waals surface area (Å²) >= 11 is 0. The van der Waals surface area contributed by atoms with Gasteiger partial charge in [-0.3, -0.25) is 0 Å². The van der Waals surface area contributed by atoms with Crippen molar-refractivity contribution in [1.29, 1.82) is 0 Å². The van der Waals surface area contributed by atoms with Gasteiger partial charge in [0.25, 0.3) is 0 Å². The summed E-state index contributed by atoms with van der Waals surface area (Å²) in [6, 6.07) is 9.95. The van der Waals surface area contributed by atoms with Gasteiger partial charge in [0.05, 0.1) is 0 Å². The standard InChI is InChI=1S/C24H41N3/c1-2-27(18-6-17-26-19-20-9-13-23(25)14-10-20)24-15-11-22(12-16-24)21-7-4-3-5-8-21/h11-12,15-16,20-21,23,26H,2-10,13-14,17-19,25H2,1H3. The van der Waals surface area contributed by atoms with Gasteiger partial charge in [-0.05, 0) is 94.5 Å². The highest BCUT2D eigenvalue weighted by Crippen LogP contribution is 2.33. The van der Waals surface area contributed by atoms with Crippen molar-refractivity contribution >= 4 is 5.69 Å². The second-order valence-corrected chi connectivity index (χ2v) is 8.84. The zero-order valence-corrected chi connectivity index (χ0v) is 17.5. The van der Waals surface area contributed by atoms with E-state index in [0.29, 0.717) is 6.04 Å². The zero-order chi connectivity index (χ0) is 18.9. The molecule has 0 heterocycles. The lowest BCUT2D eigenvalue weighted by Gasteiger charge is -2.27. The van der Waals surface area contributed by atoms with Gasteiger partial charge in [0, 0.05) is 24.8 Å². The average Bonchev–Trinajstić information content (AvgIpc) is 2.73. The Morgan fingerprint density at radius 1 is 0.963 bits per heavy atom. The maximum Gasteiger partial charge on any atom is 0.0366 e. The van der Waals surface area contributed by atoms with Crippen LogP contribution in [0.4, 0.5) is 5.69 Å². The molecule has 2 aliphatic carbocycles. The van der Waals surface area contributed by atoms with Crippen LogP contribution in [0.1, 0.15) is 82.6 Å². The monoisotopic (exact) mass is 371 g/mol. The number of nitrogens with zero attached hydrogens (tertiary/aromatic N) is 1. The van der Waals surface area contributed by atoms with Crippen LogP contribution in [-0.2, 0) is 0 Å². The van der Waals surface area contributed by atoms with E-state index in [1.54, 1.807) is 5.56 Å². The van der Waals surface area contributed by atoms with Crippen LogP contribution in [0.5, 0.6) is 0 Å². The quantitative estimate of drug-likeness (QED) is 0.596. The SMILES string of the molecule is CCN(CCCNCC1CCC(N)CC1)c1ccc(C2CCCCC2)cc1. The van der Waals surface area contributed by atoms with E-state index in [0.717, 1.165) is 31.5 Å². The van der Waals surface area contributed by atoms with Crippen LogP contribution in [0.25, 0.3) is 0 Å². The smallest absolute Gasteiger partial charge is 0.0366 e. The molecular formula is C24H41N3. The van der Waals surface area contributed by atoms with Gasteiger partial charge in [0.2, 0.25) is 0 Å². The number of rotatable bonds is 9. The Labute approximate surface area is 167 Å². The molecule has 152 valence electrons. The number of hydrogen-bond donors (Lipinski definition) is 2. The molecule has 2 saturated carbocycles. The molecule has 3 N–H and O–H groups in total. The lowest BCUT2D eigenvalue weighted by molar-refractivity contribution is 0.314. The van der Waals surface area contributed by atoms with Crippen molar-refractivity contribution in [2.24, 2.45) is 11.7 Å². The van der Waals surface area contributed by atoms with Gasteiger partial charge in [-0.2, -0.15) is 0 Å². The fraction of sp³-hybridized carbons (Fsp3) is 0.750. The third kappa shape index (κ3) is 6.50. The number of hydrogen-bond acceptors (Lipinski definition) is 3. The summed E-state index contributed by atoms with van der Waals surface area (Å²) in [5.74, 6) is 1.65. The minimum atomic E-state index is 0.462. The topological polar surface area (TPSA) is 41.3 Å². The van der Waals surface area contributed by atoms with E-state index >= 15 is 0 Å². The molecule has 1 aromatic carbocycles. The Bertz CT molecular complexity index is 513. The first-order chi connectivity index (χ1) is 13.3. The second-order valence-electron chi connectivity index (χ2n) is 8.84. The van der Waals surface area contributed by atoms with Gasteiger partial charge in [0.15, 0.2) is 0 Å². The summed E-state index contributed by atoms with van der Waals surface area (Å²) < 4.78 is 0. The summed E-state index contributed by atoms with van der Waals surface area (Å²) in [7, 11) is 0. The molecule has 0 amide bonds. The van der Waals surface area contributed by atoms with Gasteiger partial charge in [-0.15, -0.1) is 0 Å². The third-order valence-electron chi connectivity index (χ3n) is 6.82. The van der Waals surface area contributed by atoms with E-state index in [1.165, 1.54) is 76.4 Å². The Hall–Kier alpha value is -1.06. The molecule has 0 unspecified atom stereocenters. The summed E-state index contributed by atoms with van der Waals surface area (Å²) in [5.41, 5.74) is 8.95. The Morgan fingerprint density at radius 2 is 1.67 bits per heavy atom. The molecule has 0 saturated heterocycles. The zero-order valence-electron chi connectivity index (χ0n) is 17.5. The second kappa shape index (κ2) is 11.1. The minimum absolute atomic E-state index is 0.462. The van der Waals surface area contributed by atoms with Crippen molar-refractivity contribution in [2.75, 3.05) is 31.1 Å². The van der Waals surface area contributed by atoms with Crippen molar-refractivity contribution in [3.05, 3.63) is 29.8 Å². The van der Waals surface area contributed by atoms with Gasteiger partial charge < -0.3 is 16.0 Å². The first-order valence-corrected chi connectivity index (χ1v) is 11.6. The highest BCUT2D eigenvalue weighted by atomic mass is 15.1. The predicted molar refractivity (Wildman–Crippen MR) is 118 cm³/mol. The van der Waals surface area contributed by atoms with Crippen molar-refractivity contribution in [3.8, 4) is 0 Å². The molecule has 1 aromatic rings. The van der Waals surface area contributed by atoms with E-state index in [-0.39, 0.29) is 0 Å². The molecule has 27 heavy (non-hydrogen) atoms. The molecule has 3 rings (SSSR count). The molecular weight excluding hydrogens is 330 g/mol. The molecule has 3 heteroatoms. The van der Waals surface area contributed by atoms with Crippen molar-refractivity contribution < 1.29 is 0 Å². The third-order valence-corrected chi connectivity index (χ3v) is 6.82. The predicted octanol–water partition coefficient (Wildman–Crippen LogP) is 5.06. The van der Waals surface area contributed by atoms with Gasteiger partial charge in [0.1, 0.15) is 0 Å². The van der Waals surface area contributed by atoms with Crippen LogP contribution in [0.2, 0.25) is 0 Å². The van der Waals surface area contributed by atoms with E-state index in [1.807, 2.05) is 0 Å². The Morgan fingerprint density at radius 3 is 2.33 bits per heavy atom. The summed E-state index contributed by atoms with van der Waals surface area (Å²) in [4.78, 5) is 2.52. The van der Waals surface area contributed by atoms with Crippen molar-refractivity contribution in [2.45, 2.75) is 83.1 Å². The molecule has 0 bridgehead atoms. The first kappa shape index (κ1) is 20.7. The Balaban J connectivity index is 1.36. The van der Waals surface area contributed by atoms with Crippen LogP contribution >= 0.6 is 0 Å². The highest BCUT2D eigenvalue weighted by molar-refractivity contribution is 5.48. The molecule has 0 aliphatic heterocycles. The van der Waals surface area contributed by atoms with Gasteiger partial charge in [-0.25, -0.2) is 0 Å². The van der Waals surface area contributed by atoms with Crippen LogP contribution in [0.15, 0.2) is 24.3 Å². The molecule has 0 atom stereocenters. The first-order valence-electron chi connectivity index (χ1n) is 11.6. The lowest BCUT2D eigenvalue weighted by Crippen LogP contribution is -2.33. The molecule has 3 nitrogen and oxygen atoms in total. The van der Waals surface area contributed by atoms with Gasteiger partial charge in [-0.1, -0.05) is 31.4 Å². The molecule has 0 spiro atoms. The number of nitrogens with two attached hydrogens (primary N) is 1. The summed E-state index contributed by atoms with van der Waals surface area (Å²) in [5, 5.41) is 3.69. The van der Waals surface area contributed by atoms with Crippen molar-refractivity contribution in [3.63, 3.8) is 0 Å². The molecule has 0 radical (unpaired) electrons. The largest absolute Gasteiger partial charge is 0.372 e. The van der Waals surface area contributed by atoms with Crippen LogP contribution in [0.3, 0.4) is 0 Å². The Kier molecular flexibility index (Phi) is 8.47. The summed E-state index contributed by atoms with van der Waals surface area (Å²) in [6.07, 6.45) is 13.3. The fourth-order valence-corrected chi connectivity index (χ4v) is 4.96. The maximum absolute atomic E-state index is 6.00. The molecule has 2 fully saturated rings. The van der Waals surface area contributed by atoms with E-state index in [4.69, 9.17) is 5.73 Å². The van der Waals surface area contributed by atoms with Crippen LogP contribution < -0.4 is 16.0 Å². The van der Waals surface area contributed by atoms with E-state index in [2.05, 4.69) is 41.4 Å². The molecule has 0 aromatic heterocycles. The molecule has 2 aliphatic rings. The maximum atomic E-state index is 6.00.